The van der Waals surface area contributed by atoms with Crippen LogP contribution in [-0.2, 0) is 0 Å². The molecule has 0 radical (unpaired) electrons. The molecule has 0 atom stereocenters. The van der Waals surface area contributed by atoms with Crippen molar-refractivity contribution in [2.24, 2.45) is 0 Å². The highest BCUT2D eigenvalue weighted by Crippen LogP contribution is 2.35. The molecule has 1 aromatic heterocycles. The van der Waals surface area contributed by atoms with Gasteiger partial charge in [-0.2, -0.15) is 0 Å². The van der Waals surface area contributed by atoms with Gasteiger partial charge in [0.25, 0.3) is 5.92 Å². The van der Waals surface area contributed by atoms with Crippen molar-refractivity contribution in [1.82, 2.24) is 9.88 Å². The van der Waals surface area contributed by atoms with E-state index in [9.17, 15) is 8.78 Å². The third kappa shape index (κ3) is 3.99. The number of rotatable bonds is 2. The summed E-state index contributed by atoms with van der Waals surface area (Å²) in [4.78, 5) is 8.42. The summed E-state index contributed by atoms with van der Waals surface area (Å²) in [7, 11) is 0. The van der Waals surface area contributed by atoms with Crippen LogP contribution in [0.4, 0.5) is 14.6 Å². The van der Waals surface area contributed by atoms with Gasteiger partial charge in [0.05, 0.1) is 6.54 Å². The van der Waals surface area contributed by atoms with E-state index < -0.39 is 5.92 Å². The number of alkyl halides is 2. The minimum atomic E-state index is -2.62. The molecule has 0 unspecified atom stereocenters. The summed E-state index contributed by atoms with van der Waals surface area (Å²) in [6.45, 7) is 8.88. The van der Waals surface area contributed by atoms with Gasteiger partial charge in [0.1, 0.15) is 11.0 Å². The molecule has 3 nitrogen and oxygen atoms in total. The Balaban J connectivity index is 1.73. The first-order chi connectivity index (χ1) is 11.1. The van der Waals surface area contributed by atoms with Crippen molar-refractivity contribution >= 4 is 17.4 Å². The van der Waals surface area contributed by atoms with E-state index in [0.29, 0.717) is 23.4 Å². The Bertz CT molecular complexity index is 592. The zero-order valence-corrected chi connectivity index (χ0v) is 15.4. The largest absolute Gasteiger partial charge is 0.350 e. The zero-order chi connectivity index (χ0) is 17.5. The van der Waals surface area contributed by atoms with Crippen molar-refractivity contribution in [1.29, 1.82) is 0 Å². The second-order valence-corrected chi connectivity index (χ2v) is 8.43. The van der Waals surface area contributed by atoms with Crippen LogP contribution < -0.4 is 4.90 Å². The molecular weight excluding hydrogens is 332 g/mol. The molecule has 0 aliphatic carbocycles. The van der Waals surface area contributed by atoms with Crippen molar-refractivity contribution in [3.05, 3.63) is 22.8 Å². The molecule has 0 amide bonds. The van der Waals surface area contributed by atoms with Gasteiger partial charge in [-0.3, -0.25) is 4.90 Å². The maximum absolute atomic E-state index is 13.5. The number of halogens is 3. The van der Waals surface area contributed by atoms with E-state index in [-0.39, 0.29) is 18.5 Å². The lowest BCUT2D eigenvalue weighted by Crippen LogP contribution is -2.45. The Morgan fingerprint density at radius 3 is 2.38 bits per heavy atom. The number of nitrogens with zero attached hydrogens (tertiary/aromatic N) is 3. The molecule has 1 aromatic rings. The number of hydrogen-bond donors (Lipinski definition) is 0. The average Bonchev–Trinajstić information content (AvgIpc) is 2.86. The van der Waals surface area contributed by atoms with Gasteiger partial charge in [-0.25, -0.2) is 13.8 Å². The normalized spacial score (nSPS) is 23.0. The van der Waals surface area contributed by atoms with Crippen LogP contribution in [0.5, 0.6) is 0 Å². The van der Waals surface area contributed by atoms with Crippen LogP contribution in [0.3, 0.4) is 0 Å². The highest BCUT2D eigenvalue weighted by Gasteiger charge is 2.39. The third-order valence-corrected chi connectivity index (χ3v) is 5.41. The monoisotopic (exact) mass is 357 g/mol. The number of anilines is 1. The van der Waals surface area contributed by atoms with E-state index >= 15 is 0 Å². The van der Waals surface area contributed by atoms with Gasteiger partial charge in [-0.05, 0) is 70.3 Å². The molecule has 6 heteroatoms. The van der Waals surface area contributed by atoms with E-state index in [0.717, 1.165) is 31.5 Å². The van der Waals surface area contributed by atoms with Crippen LogP contribution in [-0.4, -0.2) is 47.5 Å². The van der Waals surface area contributed by atoms with Gasteiger partial charge in [0.2, 0.25) is 0 Å². The lowest BCUT2D eigenvalue weighted by Gasteiger charge is -2.41. The van der Waals surface area contributed by atoms with Gasteiger partial charge >= 0.3 is 0 Å². The van der Waals surface area contributed by atoms with E-state index in [1.165, 1.54) is 0 Å². The maximum atomic E-state index is 13.5. The molecular formula is C18H26ClF2N3. The van der Waals surface area contributed by atoms with Crippen LogP contribution in [0.25, 0.3) is 0 Å². The predicted octanol–water partition coefficient (Wildman–Crippen LogP) is 4.56. The minimum absolute atomic E-state index is 0.111. The van der Waals surface area contributed by atoms with Gasteiger partial charge in [-0.15, -0.1) is 0 Å². The van der Waals surface area contributed by atoms with Crippen LogP contribution in [0, 0.1) is 0 Å². The highest BCUT2D eigenvalue weighted by atomic mass is 35.5. The van der Waals surface area contributed by atoms with Crippen molar-refractivity contribution in [2.45, 2.75) is 57.4 Å². The molecule has 0 aromatic carbocycles. The van der Waals surface area contributed by atoms with Crippen LogP contribution >= 0.6 is 11.6 Å². The summed E-state index contributed by atoms with van der Waals surface area (Å²) in [6.07, 6.45) is 2.01. The standard InChI is InChI=1S/C18H26ClF2N3/c1-17(2,3)24-7-4-13(5-8-24)14-10-15(19)22-16(11-14)23-9-6-18(20,21)12-23/h10-11,13H,4-9,12H2,1-3H3. The molecule has 2 saturated heterocycles. The van der Waals surface area contributed by atoms with Gasteiger partial charge < -0.3 is 4.90 Å². The number of hydrogen-bond acceptors (Lipinski definition) is 3. The minimum Gasteiger partial charge on any atom is -0.350 e. The Hall–Kier alpha value is -0.940. The van der Waals surface area contributed by atoms with E-state index in [2.05, 4.69) is 30.7 Å². The fourth-order valence-corrected chi connectivity index (χ4v) is 3.93. The molecule has 0 bridgehead atoms. The second kappa shape index (κ2) is 6.41. The summed E-state index contributed by atoms with van der Waals surface area (Å²) >= 11 is 6.18. The van der Waals surface area contributed by atoms with Crippen molar-refractivity contribution < 1.29 is 8.78 Å². The van der Waals surface area contributed by atoms with Crippen LogP contribution in [0.1, 0.15) is 51.5 Å². The van der Waals surface area contributed by atoms with Crippen LogP contribution in [0.2, 0.25) is 5.15 Å². The molecule has 0 spiro atoms. The fraction of sp³-hybridized carbons (Fsp3) is 0.722. The SMILES string of the molecule is CC(C)(C)N1CCC(c2cc(Cl)nc(N3CCC(F)(F)C3)c2)CC1. The first-order valence-corrected chi connectivity index (χ1v) is 9.07. The Morgan fingerprint density at radius 1 is 1.17 bits per heavy atom. The van der Waals surface area contributed by atoms with Crippen LogP contribution in [0.15, 0.2) is 12.1 Å². The van der Waals surface area contributed by atoms with E-state index in [1.54, 1.807) is 4.90 Å². The summed E-state index contributed by atoms with van der Waals surface area (Å²) in [5, 5.41) is 0.399. The lowest BCUT2D eigenvalue weighted by atomic mass is 9.88. The number of likely N-dealkylation sites (tertiary alicyclic amines) is 1. The Morgan fingerprint density at radius 2 is 1.83 bits per heavy atom. The Labute approximate surface area is 148 Å². The smallest absolute Gasteiger partial charge is 0.266 e. The molecule has 2 fully saturated rings. The molecule has 2 aliphatic heterocycles. The maximum Gasteiger partial charge on any atom is 0.266 e. The van der Waals surface area contributed by atoms with Crippen molar-refractivity contribution in [2.75, 3.05) is 31.1 Å². The second-order valence-electron chi connectivity index (χ2n) is 8.04. The summed E-state index contributed by atoms with van der Waals surface area (Å²) in [5.41, 5.74) is 1.32. The molecule has 3 rings (SSSR count). The number of pyridine rings is 1. The van der Waals surface area contributed by atoms with Gasteiger partial charge in [0.15, 0.2) is 0 Å². The zero-order valence-electron chi connectivity index (χ0n) is 14.7. The van der Waals surface area contributed by atoms with Crippen molar-refractivity contribution in [3.8, 4) is 0 Å². The first kappa shape index (κ1) is 17.9. The topological polar surface area (TPSA) is 19.4 Å². The predicted molar refractivity (Wildman–Crippen MR) is 94.3 cm³/mol. The molecule has 2 aliphatic rings. The first-order valence-electron chi connectivity index (χ1n) is 8.69. The highest BCUT2D eigenvalue weighted by molar-refractivity contribution is 6.29. The van der Waals surface area contributed by atoms with Gasteiger partial charge in [-0.1, -0.05) is 11.6 Å². The Kier molecular flexibility index (Phi) is 4.77. The third-order valence-electron chi connectivity index (χ3n) is 5.21. The van der Waals surface area contributed by atoms with E-state index in [1.807, 2.05) is 12.1 Å². The fourth-order valence-electron chi connectivity index (χ4n) is 3.72. The molecule has 0 N–H and O–H groups in total. The molecule has 0 saturated carbocycles. The quantitative estimate of drug-likeness (QED) is 0.723. The summed E-state index contributed by atoms with van der Waals surface area (Å²) in [5.74, 6) is -1.61. The summed E-state index contributed by atoms with van der Waals surface area (Å²) in [6, 6.07) is 3.86. The van der Waals surface area contributed by atoms with E-state index in [4.69, 9.17) is 11.6 Å². The van der Waals surface area contributed by atoms with Crippen molar-refractivity contribution in [3.63, 3.8) is 0 Å². The lowest BCUT2D eigenvalue weighted by molar-refractivity contribution is 0.0256. The molecule has 24 heavy (non-hydrogen) atoms. The molecule has 134 valence electrons. The number of piperidine rings is 1. The average molecular weight is 358 g/mol. The molecule has 3 heterocycles. The summed E-state index contributed by atoms with van der Waals surface area (Å²) < 4.78 is 27.0. The number of aromatic nitrogens is 1. The van der Waals surface area contributed by atoms with Gasteiger partial charge in [0, 0.05) is 18.5 Å².